The summed E-state index contributed by atoms with van der Waals surface area (Å²) in [6.45, 7) is 5.65. The first-order chi connectivity index (χ1) is 10.4. The molecule has 0 unspecified atom stereocenters. The fourth-order valence-electron chi connectivity index (χ4n) is 2.51. The van der Waals surface area contributed by atoms with Crippen LogP contribution in [0.5, 0.6) is 0 Å². The third-order valence-corrected chi connectivity index (χ3v) is 5.76. The Morgan fingerprint density at radius 3 is 2.68 bits per heavy atom. The maximum Gasteiger partial charge on any atom is 0.260 e. The summed E-state index contributed by atoms with van der Waals surface area (Å²) in [6.07, 6.45) is 4.72. The summed E-state index contributed by atoms with van der Waals surface area (Å²) < 4.78 is 26.1. The number of nitrogens with zero attached hydrogens (tertiary/aromatic N) is 2. The van der Waals surface area contributed by atoms with E-state index in [1.165, 1.54) is 16.8 Å². The number of imidazole rings is 1. The summed E-state index contributed by atoms with van der Waals surface area (Å²) in [6, 6.07) is 0. The molecule has 0 aliphatic carbocycles. The van der Waals surface area contributed by atoms with Crippen molar-refractivity contribution in [1.29, 1.82) is 0 Å². The molecule has 0 bridgehead atoms. The van der Waals surface area contributed by atoms with Gasteiger partial charge >= 0.3 is 0 Å². The molecule has 0 atom stereocenters. The van der Waals surface area contributed by atoms with Gasteiger partial charge in [0.15, 0.2) is 5.03 Å². The first-order valence-corrected chi connectivity index (χ1v) is 9.11. The summed E-state index contributed by atoms with van der Waals surface area (Å²) in [5.74, 6) is 0.501. The van der Waals surface area contributed by atoms with E-state index in [-0.39, 0.29) is 16.9 Å². The molecule has 7 nitrogen and oxygen atoms in total. The van der Waals surface area contributed by atoms with Crippen molar-refractivity contribution in [3.63, 3.8) is 0 Å². The lowest BCUT2D eigenvalue weighted by Gasteiger charge is -2.30. The second-order valence-electron chi connectivity index (χ2n) is 6.07. The lowest BCUT2D eigenvalue weighted by atomic mass is 9.97. The van der Waals surface area contributed by atoms with Crippen LogP contribution in [0.2, 0.25) is 0 Å². The van der Waals surface area contributed by atoms with Crippen molar-refractivity contribution >= 4 is 15.9 Å². The van der Waals surface area contributed by atoms with E-state index in [0.717, 1.165) is 6.42 Å². The van der Waals surface area contributed by atoms with Crippen LogP contribution in [0.1, 0.15) is 33.1 Å². The highest BCUT2D eigenvalue weighted by Crippen LogP contribution is 2.22. The van der Waals surface area contributed by atoms with E-state index in [0.29, 0.717) is 38.4 Å². The van der Waals surface area contributed by atoms with Crippen molar-refractivity contribution in [3.05, 3.63) is 12.5 Å². The van der Waals surface area contributed by atoms with E-state index in [4.69, 9.17) is 0 Å². The predicted octanol–water partition coefficient (Wildman–Crippen LogP) is 0.973. The average Bonchev–Trinajstić information content (AvgIpc) is 3.02. The minimum absolute atomic E-state index is 0.0410. The molecule has 1 aromatic heterocycles. The minimum Gasteiger partial charge on any atom is -0.356 e. The number of carbonyl (C=O) groups excluding carboxylic acids is 1. The van der Waals surface area contributed by atoms with Gasteiger partial charge < -0.3 is 10.3 Å². The molecular formula is C14H24N4O3S. The van der Waals surface area contributed by atoms with E-state index < -0.39 is 10.0 Å². The zero-order valence-corrected chi connectivity index (χ0v) is 13.9. The topological polar surface area (TPSA) is 95.2 Å². The maximum atomic E-state index is 12.3. The smallest absolute Gasteiger partial charge is 0.260 e. The molecule has 0 aromatic carbocycles. The highest BCUT2D eigenvalue weighted by Gasteiger charge is 2.32. The maximum absolute atomic E-state index is 12.3. The Bertz CT molecular complexity index is 575. The molecule has 1 saturated heterocycles. The third-order valence-electron chi connectivity index (χ3n) is 3.94. The van der Waals surface area contributed by atoms with Crippen LogP contribution in [0.15, 0.2) is 17.6 Å². The fraction of sp³-hybridized carbons (Fsp3) is 0.714. The Labute approximate surface area is 131 Å². The Hall–Kier alpha value is -1.41. The number of aromatic amines is 1. The van der Waals surface area contributed by atoms with Gasteiger partial charge in [0, 0.05) is 25.6 Å². The van der Waals surface area contributed by atoms with E-state index in [1.54, 1.807) is 0 Å². The number of hydrogen-bond donors (Lipinski definition) is 2. The second kappa shape index (κ2) is 7.23. The highest BCUT2D eigenvalue weighted by atomic mass is 32.2. The molecule has 0 radical (unpaired) electrons. The van der Waals surface area contributed by atoms with Gasteiger partial charge in [0.25, 0.3) is 10.0 Å². The third kappa shape index (κ3) is 4.07. The largest absolute Gasteiger partial charge is 0.356 e. The molecule has 2 heterocycles. The van der Waals surface area contributed by atoms with Crippen molar-refractivity contribution in [2.24, 2.45) is 11.8 Å². The molecule has 124 valence electrons. The quantitative estimate of drug-likeness (QED) is 0.813. The van der Waals surface area contributed by atoms with Gasteiger partial charge in [-0.05, 0) is 25.2 Å². The fourth-order valence-corrected chi connectivity index (χ4v) is 3.88. The van der Waals surface area contributed by atoms with Crippen LogP contribution in [0.25, 0.3) is 0 Å². The number of aromatic nitrogens is 2. The SMILES string of the molecule is CC(C)CCNC(=O)C1CCN(S(=O)(=O)c2cnc[nH]2)CC1. The summed E-state index contributed by atoms with van der Waals surface area (Å²) in [5, 5.41) is 3.05. The van der Waals surface area contributed by atoms with Gasteiger partial charge in [-0.2, -0.15) is 4.31 Å². The first-order valence-electron chi connectivity index (χ1n) is 7.67. The summed E-state index contributed by atoms with van der Waals surface area (Å²) in [4.78, 5) is 18.4. The molecule has 1 aromatic rings. The van der Waals surface area contributed by atoms with Gasteiger partial charge in [-0.1, -0.05) is 13.8 Å². The zero-order valence-electron chi connectivity index (χ0n) is 13.1. The Morgan fingerprint density at radius 2 is 2.14 bits per heavy atom. The highest BCUT2D eigenvalue weighted by molar-refractivity contribution is 7.89. The molecular weight excluding hydrogens is 304 g/mol. The Morgan fingerprint density at radius 1 is 1.45 bits per heavy atom. The second-order valence-corrected chi connectivity index (χ2v) is 7.97. The number of H-pyrrole nitrogens is 1. The number of amides is 1. The standard InChI is InChI=1S/C14H24N4O3S/c1-11(2)3-6-16-14(19)12-4-7-18(8-5-12)22(20,21)13-9-15-10-17-13/h9-12H,3-8H2,1-2H3,(H,15,17)(H,16,19). The summed E-state index contributed by atoms with van der Waals surface area (Å²) in [5.41, 5.74) is 0. The molecule has 0 saturated carbocycles. The van der Waals surface area contributed by atoms with Gasteiger partial charge in [-0.3, -0.25) is 4.79 Å². The molecule has 2 N–H and O–H groups in total. The van der Waals surface area contributed by atoms with Crippen LogP contribution in [0.4, 0.5) is 0 Å². The zero-order chi connectivity index (χ0) is 16.2. The van der Waals surface area contributed by atoms with E-state index in [1.807, 2.05) is 0 Å². The van der Waals surface area contributed by atoms with E-state index in [2.05, 4.69) is 29.1 Å². The minimum atomic E-state index is -3.51. The number of nitrogens with one attached hydrogen (secondary N) is 2. The van der Waals surface area contributed by atoms with Gasteiger partial charge in [0.1, 0.15) is 0 Å². The molecule has 8 heteroatoms. The number of sulfonamides is 1. The van der Waals surface area contributed by atoms with Gasteiger partial charge in [-0.15, -0.1) is 0 Å². The molecule has 1 amide bonds. The molecule has 1 fully saturated rings. The predicted molar refractivity (Wildman–Crippen MR) is 82.5 cm³/mol. The van der Waals surface area contributed by atoms with Crippen molar-refractivity contribution in [2.75, 3.05) is 19.6 Å². The van der Waals surface area contributed by atoms with E-state index in [9.17, 15) is 13.2 Å². The van der Waals surface area contributed by atoms with Crippen LogP contribution in [-0.2, 0) is 14.8 Å². The van der Waals surface area contributed by atoms with Crippen molar-refractivity contribution in [3.8, 4) is 0 Å². The monoisotopic (exact) mass is 328 g/mol. The molecule has 1 aliphatic rings. The lowest BCUT2D eigenvalue weighted by molar-refractivity contribution is -0.126. The van der Waals surface area contributed by atoms with E-state index >= 15 is 0 Å². The number of piperidine rings is 1. The average molecular weight is 328 g/mol. The molecule has 1 aliphatic heterocycles. The Balaban J connectivity index is 1.84. The van der Waals surface area contributed by atoms with Crippen LogP contribution >= 0.6 is 0 Å². The van der Waals surface area contributed by atoms with Gasteiger partial charge in [0.2, 0.25) is 5.91 Å². The number of carbonyl (C=O) groups is 1. The Kier molecular flexibility index (Phi) is 5.57. The van der Waals surface area contributed by atoms with Crippen molar-refractivity contribution in [2.45, 2.75) is 38.1 Å². The van der Waals surface area contributed by atoms with Crippen molar-refractivity contribution < 1.29 is 13.2 Å². The normalized spacial score (nSPS) is 17.8. The summed E-state index contributed by atoms with van der Waals surface area (Å²) in [7, 11) is -3.51. The van der Waals surface area contributed by atoms with Crippen LogP contribution in [0, 0.1) is 11.8 Å². The van der Waals surface area contributed by atoms with Crippen LogP contribution in [-0.4, -0.2) is 48.2 Å². The molecule has 22 heavy (non-hydrogen) atoms. The number of hydrogen-bond acceptors (Lipinski definition) is 4. The van der Waals surface area contributed by atoms with Gasteiger partial charge in [-0.25, -0.2) is 13.4 Å². The first kappa shape index (κ1) is 17.0. The van der Waals surface area contributed by atoms with Crippen LogP contribution < -0.4 is 5.32 Å². The molecule has 0 spiro atoms. The van der Waals surface area contributed by atoms with Crippen molar-refractivity contribution in [1.82, 2.24) is 19.6 Å². The lowest BCUT2D eigenvalue weighted by Crippen LogP contribution is -2.43. The number of rotatable bonds is 6. The molecule has 2 rings (SSSR count). The van der Waals surface area contributed by atoms with Crippen LogP contribution in [0.3, 0.4) is 0 Å². The summed E-state index contributed by atoms with van der Waals surface area (Å²) >= 11 is 0. The van der Waals surface area contributed by atoms with Gasteiger partial charge in [0.05, 0.1) is 12.5 Å².